The van der Waals surface area contributed by atoms with Crippen LogP contribution >= 0.6 is 0 Å². The number of sulfonamides is 1. The molecule has 128 valence electrons. The lowest BCUT2D eigenvalue weighted by atomic mass is 10.0. The molecule has 23 heavy (non-hydrogen) atoms. The van der Waals surface area contributed by atoms with Gasteiger partial charge in [-0.05, 0) is 25.8 Å². The molecule has 1 aromatic rings. The van der Waals surface area contributed by atoms with Crippen LogP contribution in [0.5, 0.6) is 0 Å². The number of nitrogens with zero attached hydrogens (tertiary/aromatic N) is 3. The zero-order chi connectivity index (χ0) is 16.6. The lowest BCUT2D eigenvalue weighted by molar-refractivity contribution is -0.138. The van der Waals surface area contributed by atoms with Crippen molar-refractivity contribution in [1.29, 1.82) is 0 Å². The smallest absolute Gasteiger partial charge is 0.225 e. The summed E-state index contributed by atoms with van der Waals surface area (Å²) < 4.78 is 29.1. The summed E-state index contributed by atoms with van der Waals surface area (Å²) >= 11 is 0. The standard InChI is InChI=1S/C15H24N4O3S/c1-11(14-7-8-18(2)16-14)17-23(21,22)13-9-19(10-13)15(20)12-5-3-4-6-12/h7-8,11-13,17H,3-6,9-10H2,1-2H3. The van der Waals surface area contributed by atoms with Crippen molar-refractivity contribution >= 4 is 15.9 Å². The number of nitrogens with one attached hydrogen (secondary N) is 1. The Morgan fingerprint density at radius 2 is 2.00 bits per heavy atom. The zero-order valence-electron chi connectivity index (χ0n) is 13.6. The summed E-state index contributed by atoms with van der Waals surface area (Å²) in [5.41, 5.74) is 0.689. The van der Waals surface area contributed by atoms with Crippen molar-refractivity contribution in [3.63, 3.8) is 0 Å². The molecule has 1 aliphatic carbocycles. The molecule has 0 spiro atoms. The third-order valence-electron chi connectivity index (χ3n) is 4.82. The number of likely N-dealkylation sites (tertiary alicyclic amines) is 1. The Morgan fingerprint density at radius 1 is 1.35 bits per heavy atom. The molecule has 2 heterocycles. The van der Waals surface area contributed by atoms with Crippen LogP contribution in [-0.2, 0) is 21.9 Å². The van der Waals surface area contributed by atoms with Gasteiger partial charge in [0.25, 0.3) is 0 Å². The second-order valence-corrected chi connectivity index (χ2v) is 8.64. The number of aryl methyl sites for hydroxylation is 1. The predicted molar refractivity (Wildman–Crippen MR) is 86.0 cm³/mol. The average molecular weight is 340 g/mol. The molecule has 2 aliphatic rings. The summed E-state index contributed by atoms with van der Waals surface area (Å²) in [6.07, 6.45) is 5.89. The van der Waals surface area contributed by atoms with Gasteiger partial charge in [-0.1, -0.05) is 12.8 Å². The van der Waals surface area contributed by atoms with Crippen LogP contribution in [0, 0.1) is 5.92 Å². The van der Waals surface area contributed by atoms with Gasteiger partial charge in [-0.25, -0.2) is 13.1 Å². The van der Waals surface area contributed by atoms with Gasteiger partial charge in [0.15, 0.2) is 0 Å². The minimum Gasteiger partial charge on any atom is -0.340 e. The molecule has 2 fully saturated rings. The first-order valence-electron chi connectivity index (χ1n) is 8.16. The Balaban J connectivity index is 1.54. The quantitative estimate of drug-likeness (QED) is 0.859. The molecule has 1 N–H and O–H groups in total. The Labute approximate surface area is 137 Å². The first-order chi connectivity index (χ1) is 10.9. The van der Waals surface area contributed by atoms with E-state index in [0.717, 1.165) is 25.7 Å². The number of aromatic nitrogens is 2. The van der Waals surface area contributed by atoms with Gasteiger partial charge < -0.3 is 4.90 Å². The Bertz CT molecular complexity index is 673. The fourth-order valence-corrected chi connectivity index (χ4v) is 4.87. The number of rotatable bonds is 5. The van der Waals surface area contributed by atoms with Crippen LogP contribution in [-0.4, -0.2) is 47.3 Å². The van der Waals surface area contributed by atoms with Crippen LogP contribution in [0.1, 0.15) is 44.3 Å². The van der Waals surface area contributed by atoms with Gasteiger partial charge in [0.05, 0.1) is 11.7 Å². The lowest BCUT2D eigenvalue weighted by Crippen LogP contribution is -2.60. The van der Waals surface area contributed by atoms with E-state index in [0.29, 0.717) is 18.8 Å². The Hall–Kier alpha value is -1.41. The molecule has 1 aliphatic heterocycles. The van der Waals surface area contributed by atoms with E-state index >= 15 is 0 Å². The van der Waals surface area contributed by atoms with Crippen molar-refractivity contribution in [3.05, 3.63) is 18.0 Å². The summed E-state index contributed by atoms with van der Waals surface area (Å²) in [7, 11) is -1.65. The van der Waals surface area contributed by atoms with Gasteiger partial charge in [-0.15, -0.1) is 0 Å². The number of hydrogen-bond donors (Lipinski definition) is 1. The number of hydrogen-bond acceptors (Lipinski definition) is 4. The molecule has 0 radical (unpaired) electrons. The first-order valence-corrected chi connectivity index (χ1v) is 9.71. The molecule has 8 heteroatoms. The van der Waals surface area contributed by atoms with Crippen molar-refractivity contribution in [3.8, 4) is 0 Å². The molecule has 1 aromatic heterocycles. The predicted octanol–water partition coefficient (Wildman–Crippen LogP) is 0.801. The third-order valence-corrected chi connectivity index (χ3v) is 6.68. The maximum atomic E-state index is 12.4. The van der Waals surface area contributed by atoms with Crippen LogP contribution < -0.4 is 4.72 Å². The Morgan fingerprint density at radius 3 is 2.57 bits per heavy atom. The summed E-state index contributed by atoms with van der Waals surface area (Å²) in [6.45, 7) is 2.39. The van der Waals surface area contributed by atoms with E-state index in [-0.39, 0.29) is 17.9 Å². The van der Waals surface area contributed by atoms with Crippen molar-refractivity contribution in [2.45, 2.75) is 43.9 Å². The van der Waals surface area contributed by atoms with Crippen molar-refractivity contribution < 1.29 is 13.2 Å². The van der Waals surface area contributed by atoms with Crippen LogP contribution in [0.25, 0.3) is 0 Å². The van der Waals surface area contributed by atoms with Crippen LogP contribution in [0.15, 0.2) is 12.3 Å². The summed E-state index contributed by atoms with van der Waals surface area (Å²) in [6, 6.07) is 1.42. The van der Waals surface area contributed by atoms with Crippen LogP contribution in [0.3, 0.4) is 0 Å². The Kier molecular flexibility index (Phi) is 4.46. The van der Waals surface area contributed by atoms with E-state index in [2.05, 4.69) is 9.82 Å². The monoisotopic (exact) mass is 340 g/mol. The van der Waals surface area contributed by atoms with Crippen molar-refractivity contribution in [2.75, 3.05) is 13.1 Å². The van der Waals surface area contributed by atoms with Gasteiger partial charge in [-0.2, -0.15) is 5.10 Å². The topological polar surface area (TPSA) is 84.3 Å². The van der Waals surface area contributed by atoms with E-state index in [4.69, 9.17) is 0 Å². The molecular formula is C15H24N4O3S. The van der Waals surface area contributed by atoms with E-state index in [1.54, 1.807) is 35.8 Å². The fraction of sp³-hybridized carbons (Fsp3) is 0.733. The molecule has 7 nitrogen and oxygen atoms in total. The largest absolute Gasteiger partial charge is 0.340 e. The minimum atomic E-state index is -3.44. The van der Waals surface area contributed by atoms with Crippen molar-refractivity contribution in [1.82, 2.24) is 19.4 Å². The molecule has 0 aromatic carbocycles. The zero-order valence-corrected chi connectivity index (χ0v) is 14.4. The van der Waals surface area contributed by atoms with E-state index in [1.807, 2.05) is 0 Å². The molecule has 1 atom stereocenters. The van der Waals surface area contributed by atoms with Crippen LogP contribution in [0.4, 0.5) is 0 Å². The normalized spacial score (nSPS) is 21.4. The molecule has 1 saturated heterocycles. The van der Waals surface area contributed by atoms with Crippen molar-refractivity contribution in [2.24, 2.45) is 13.0 Å². The molecule has 1 unspecified atom stereocenters. The fourth-order valence-electron chi connectivity index (χ4n) is 3.31. The third kappa shape index (κ3) is 3.42. The van der Waals surface area contributed by atoms with Gasteiger partial charge in [-0.3, -0.25) is 9.48 Å². The minimum absolute atomic E-state index is 0.110. The van der Waals surface area contributed by atoms with E-state index < -0.39 is 15.3 Å². The summed E-state index contributed by atoms with van der Waals surface area (Å²) in [5.74, 6) is 0.241. The van der Waals surface area contributed by atoms with Crippen LogP contribution in [0.2, 0.25) is 0 Å². The van der Waals surface area contributed by atoms with E-state index in [9.17, 15) is 13.2 Å². The number of carbonyl (C=O) groups is 1. The van der Waals surface area contributed by atoms with Gasteiger partial charge in [0.1, 0.15) is 5.25 Å². The maximum absolute atomic E-state index is 12.4. The van der Waals surface area contributed by atoms with Gasteiger partial charge in [0.2, 0.25) is 15.9 Å². The highest BCUT2D eigenvalue weighted by molar-refractivity contribution is 7.90. The molecular weight excluding hydrogens is 316 g/mol. The summed E-state index contributed by atoms with van der Waals surface area (Å²) in [4.78, 5) is 13.9. The SMILES string of the molecule is CC(NS(=O)(=O)C1CN(C(=O)C2CCCC2)C1)c1ccn(C)n1. The molecule has 3 rings (SSSR count). The first kappa shape index (κ1) is 16.4. The second kappa shape index (κ2) is 6.24. The highest BCUT2D eigenvalue weighted by Gasteiger charge is 2.42. The average Bonchev–Trinajstić information content (AvgIpc) is 3.06. The summed E-state index contributed by atoms with van der Waals surface area (Å²) in [5, 5.41) is 3.70. The highest BCUT2D eigenvalue weighted by Crippen LogP contribution is 2.29. The number of amides is 1. The van der Waals surface area contributed by atoms with E-state index in [1.165, 1.54) is 0 Å². The number of carbonyl (C=O) groups excluding carboxylic acids is 1. The lowest BCUT2D eigenvalue weighted by Gasteiger charge is -2.40. The molecule has 1 amide bonds. The highest BCUT2D eigenvalue weighted by atomic mass is 32.2. The molecule has 1 saturated carbocycles. The van der Waals surface area contributed by atoms with Gasteiger partial charge >= 0.3 is 0 Å². The maximum Gasteiger partial charge on any atom is 0.225 e. The second-order valence-electron chi connectivity index (χ2n) is 6.65. The molecule has 0 bridgehead atoms. The van der Waals surface area contributed by atoms with Gasteiger partial charge in [0, 0.05) is 32.3 Å².